The van der Waals surface area contributed by atoms with Crippen molar-refractivity contribution in [1.29, 1.82) is 0 Å². The highest BCUT2D eigenvalue weighted by Crippen LogP contribution is 2.40. The van der Waals surface area contributed by atoms with Crippen LogP contribution < -0.4 is 9.80 Å². The second kappa shape index (κ2) is 6.79. The molecule has 3 rings (SSSR count). The van der Waals surface area contributed by atoms with Crippen LogP contribution in [0.25, 0.3) is 22.3 Å². The highest BCUT2D eigenvalue weighted by Gasteiger charge is 2.15. The molecular formula is C22H24N2. The van der Waals surface area contributed by atoms with Gasteiger partial charge in [-0.05, 0) is 23.3 Å². The van der Waals surface area contributed by atoms with Crippen LogP contribution in [0.1, 0.15) is 0 Å². The van der Waals surface area contributed by atoms with Crippen LogP contribution in [-0.2, 0) is 0 Å². The first kappa shape index (κ1) is 16.1. The Bertz CT molecular complexity index is 735. The first-order valence-electron chi connectivity index (χ1n) is 8.21. The van der Waals surface area contributed by atoms with Crippen LogP contribution in [0, 0.1) is 0 Å². The standard InChI is InChI=1S/C22H24N2/c1-23(2)21-15-20(18-13-9-6-10-14-18)22(24(3)4)16-19(21)17-11-7-5-8-12-17/h5-16H,1-4H3. The maximum absolute atomic E-state index is 2.30. The van der Waals surface area contributed by atoms with E-state index in [-0.39, 0.29) is 0 Å². The third kappa shape index (κ3) is 3.13. The Hall–Kier alpha value is -2.74. The summed E-state index contributed by atoms with van der Waals surface area (Å²) in [6, 6.07) is 25.8. The zero-order valence-corrected chi connectivity index (χ0v) is 14.8. The van der Waals surface area contributed by atoms with E-state index in [9.17, 15) is 0 Å². The monoisotopic (exact) mass is 316 g/mol. The maximum Gasteiger partial charge on any atom is 0.0448 e. The minimum Gasteiger partial charge on any atom is -0.377 e. The number of hydrogen-bond acceptors (Lipinski definition) is 2. The number of anilines is 2. The summed E-state index contributed by atoms with van der Waals surface area (Å²) in [5, 5.41) is 0. The molecule has 0 heterocycles. The van der Waals surface area contributed by atoms with E-state index < -0.39 is 0 Å². The lowest BCUT2D eigenvalue weighted by atomic mass is 9.95. The Morgan fingerprint density at radius 1 is 0.500 bits per heavy atom. The third-order valence-electron chi connectivity index (χ3n) is 4.25. The first-order valence-corrected chi connectivity index (χ1v) is 8.21. The van der Waals surface area contributed by atoms with Gasteiger partial charge in [-0.3, -0.25) is 0 Å². The van der Waals surface area contributed by atoms with Gasteiger partial charge in [0.05, 0.1) is 0 Å². The van der Waals surface area contributed by atoms with E-state index in [4.69, 9.17) is 0 Å². The molecule has 0 aliphatic carbocycles. The predicted molar refractivity (Wildman–Crippen MR) is 106 cm³/mol. The van der Waals surface area contributed by atoms with Gasteiger partial charge in [-0.15, -0.1) is 0 Å². The lowest BCUT2D eigenvalue weighted by Gasteiger charge is -2.25. The van der Waals surface area contributed by atoms with E-state index >= 15 is 0 Å². The zero-order valence-electron chi connectivity index (χ0n) is 14.8. The van der Waals surface area contributed by atoms with Gasteiger partial charge < -0.3 is 9.80 Å². The van der Waals surface area contributed by atoms with Gasteiger partial charge in [0.25, 0.3) is 0 Å². The Labute approximate surface area is 145 Å². The summed E-state index contributed by atoms with van der Waals surface area (Å²) in [6.45, 7) is 0. The zero-order chi connectivity index (χ0) is 17.1. The van der Waals surface area contributed by atoms with Crippen LogP contribution in [0.15, 0.2) is 72.8 Å². The molecule has 0 atom stereocenters. The smallest absolute Gasteiger partial charge is 0.0448 e. The molecule has 0 saturated carbocycles. The van der Waals surface area contributed by atoms with Crippen molar-refractivity contribution in [3.63, 3.8) is 0 Å². The van der Waals surface area contributed by atoms with Crippen molar-refractivity contribution in [3.05, 3.63) is 72.8 Å². The van der Waals surface area contributed by atoms with Crippen molar-refractivity contribution in [1.82, 2.24) is 0 Å². The lowest BCUT2D eigenvalue weighted by Crippen LogP contribution is -2.14. The number of nitrogens with zero attached hydrogens (tertiary/aromatic N) is 2. The fourth-order valence-electron chi connectivity index (χ4n) is 3.01. The number of hydrogen-bond donors (Lipinski definition) is 0. The van der Waals surface area contributed by atoms with E-state index in [0.717, 1.165) is 0 Å². The molecule has 3 aromatic carbocycles. The molecular weight excluding hydrogens is 292 g/mol. The molecule has 0 unspecified atom stereocenters. The minimum absolute atomic E-state index is 1.23. The van der Waals surface area contributed by atoms with E-state index in [1.54, 1.807) is 0 Å². The van der Waals surface area contributed by atoms with E-state index in [0.29, 0.717) is 0 Å². The van der Waals surface area contributed by atoms with Crippen LogP contribution in [0.2, 0.25) is 0 Å². The summed E-state index contributed by atoms with van der Waals surface area (Å²) >= 11 is 0. The fourth-order valence-corrected chi connectivity index (χ4v) is 3.01. The molecule has 0 N–H and O–H groups in total. The predicted octanol–water partition coefficient (Wildman–Crippen LogP) is 5.15. The molecule has 122 valence electrons. The second-order valence-electron chi connectivity index (χ2n) is 6.41. The van der Waals surface area contributed by atoms with Crippen LogP contribution in [0.5, 0.6) is 0 Å². The summed E-state index contributed by atoms with van der Waals surface area (Å²) in [5.41, 5.74) is 7.44. The molecule has 3 aromatic rings. The highest BCUT2D eigenvalue weighted by atomic mass is 15.1. The van der Waals surface area contributed by atoms with Crippen molar-refractivity contribution >= 4 is 11.4 Å². The quantitative estimate of drug-likeness (QED) is 0.656. The van der Waals surface area contributed by atoms with Crippen molar-refractivity contribution in [2.24, 2.45) is 0 Å². The second-order valence-corrected chi connectivity index (χ2v) is 6.41. The van der Waals surface area contributed by atoms with Crippen LogP contribution >= 0.6 is 0 Å². The van der Waals surface area contributed by atoms with Gasteiger partial charge in [0, 0.05) is 50.7 Å². The fraction of sp³-hybridized carbons (Fsp3) is 0.182. The topological polar surface area (TPSA) is 6.48 Å². The maximum atomic E-state index is 2.30. The number of rotatable bonds is 4. The molecule has 0 radical (unpaired) electrons. The normalized spacial score (nSPS) is 10.5. The molecule has 0 aromatic heterocycles. The van der Waals surface area contributed by atoms with Crippen LogP contribution in [0.3, 0.4) is 0 Å². The average Bonchev–Trinajstić information content (AvgIpc) is 2.62. The summed E-state index contributed by atoms with van der Waals surface area (Å²) in [5.74, 6) is 0. The Morgan fingerprint density at radius 2 is 0.833 bits per heavy atom. The van der Waals surface area contributed by atoms with Gasteiger partial charge >= 0.3 is 0 Å². The summed E-state index contributed by atoms with van der Waals surface area (Å²) in [4.78, 5) is 4.38. The molecule has 0 aliphatic heterocycles. The largest absolute Gasteiger partial charge is 0.377 e. The van der Waals surface area contributed by atoms with E-state index in [1.165, 1.54) is 33.6 Å². The molecule has 0 amide bonds. The Balaban J connectivity index is 2.27. The van der Waals surface area contributed by atoms with Gasteiger partial charge in [-0.2, -0.15) is 0 Å². The molecule has 0 saturated heterocycles. The molecule has 2 nitrogen and oxygen atoms in total. The molecule has 0 aliphatic rings. The first-order chi connectivity index (χ1) is 11.6. The van der Waals surface area contributed by atoms with Gasteiger partial charge in [0.15, 0.2) is 0 Å². The van der Waals surface area contributed by atoms with Crippen molar-refractivity contribution in [2.45, 2.75) is 0 Å². The van der Waals surface area contributed by atoms with Crippen molar-refractivity contribution in [2.75, 3.05) is 38.0 Å². The van der Waals surface area contributed by atoms with Gasteiger partial charge in [-0.1, -0.05) is 60.7 Å². The van der Waals surface area contributed by atoms with E-state index in [2.05, 4.69) is 111 Å². The molecule has 0 spiro atoms. The summed E-state index contributed by atoms with van der Waals surface area (Å²) < 4.78 is 0. The summed E-state index contributed by atoms with van der Waals surface area (Å²) in [7, 11) is 8.41. The Morgan fingerprint density at radius 3 is 1.12 bits per heavy atom. The van der Waals surface area contributed by atoms with Gasteiger partial charge in [0.1, 0.15) is 0 Å². The molecule has 0 fully saturated rings. The molecule has 0 bridgehead atoms. The van der Waals surface area contributed by atoms with Crippen LogP contribution in [0.4, 0.5) is 11.4 Å². The van der Waals surface area contributed by atoms with Gasteiger partial charge in [-0.25, -0.2) is 0 Å². The van der Waals surface area contributed by atoms with Crippen LogP contribution in [-0.4, -0.2) is 28.2 Å². The summed E-state index contributed by atoms with van der Waals surface area (Å²) in [6.07, 6.45) is 0. The minimum atomic E-state index is 1.23. The highest BCUT2D eigenvalue weighted by molar-refractivity contribution is 5.90. The van der Waals surface area contributed by atoms with Crippen molar-refractivity contribution < 1.29 is 0 Å². The molecule has 2 heteroatoms. The Kier molecular flexibility index (Phi) is 4.57. The SMILES string of the molecule is CN(C)c1cc(-c2ccccc2)c(N(C)C)cc1-c1ccccc1. The van der Waals surface area contributed by atoms with E-state index in [1.807, 2.05) is 0 Å². The van der Waals surface area contributed by atoms with Crippen molar-refractivity contribution in [3.8, 4) is 22.3 Å². The average molecular weight is 316 g/mol. The third-order valence-corrected chi connectivity index (χ3v) is 4.25. The number of benzene rings is 3. The molecule has 24 heavy (non-hydrogen) atoms. The lowest BCUT2D eigenvalue weighted by molar-refractivity contribution is 1.11. The van der Waals surface area contributed by atoms with Gasteiger partial charge in [0.2, 0.25) is 0 Å².